The molecule has 3 heterocycles. The van der Waals surface area contributed by atoms with Gasteiger partial charge in [-0.15, -0.1) is 11.3 Å². The number of carbonyl (C=O) groups is 1. The van der Waals surface area contributed by atoms with Gasteiger partial charge in [-0.3, -0.25) is 4.79 Å². The van der Waals surface area contributed by atoms with E-state index in [1.165, 1.54) is 11.3 Å². The van der Waals surface area contributed by atoms with Gasteiger partial charge in [-0.25, -0.2) is 0 Å². The van der Waals surface area contributed by atoms with Gasteiger partial charge in [0.1, 0.15) is 0 Å². The summed E-state index contributed by atoms with van der Waals surface area (Å²) in [5.41, 5.74) is 3.82. The number of aldehydes is 1. The highest BCUT2D eigenvalue weighted by Crippen LogP contribution is 2.35. The maximum Gasteiger partial charge on any atom is 0.167 e. The summed E-state index contributed by atoms with van der Waals surface area (Å²) >= 11 is 7.44. The van der Waals surface area contributed by atoms with Crippen molar-refractivity contribution in [1.82, 2.24) is 4.40 Å². The molecule has 0 spiro atoms. The van der Waals surface area contributed by atoms with E-state index in [9.17, 15) is 4.79 Å². The second-order valence-corrected chi connectivity index (χ2v) is 5.83. The molecule has 3 aromatic heterocycles. The van der Waals surface area contributed by atoms with E-state index < -0.39 is 0 Å². The van der Waals surface area contributed by atoms with Crippen molar-refractivity contribution in [2.45, 2.75) is 6.92 Å². The van der Waals surface area contributed by atoms with E-state index in [0.29, 0.717) is 5.69 Å². The Morgan fingerprint density at radius 3 is 2.83 bits per heavy atom. The normalized spacial score (nSPS) is 11.0. The number of nitrogens with zero attached hydrogens (tertiary/aromatic N) is 1. The average molecular weight is 276 g/mol. The lowest BCUT2D eigenvalue weighted by Gasteiger charge is -1.99. The summed E-state index contributed by atoms with van der Waals surface area (Å²) in [5, 5.41) is 0. The fourth-order valence-corrected chi connectivity index (χ4v) is 3.21. The van der Waals surface area contributed by atoms with Crippen molar-refractivity contribution in [3.8, 4) is 10.4 Å². The van der Waals surface area contributed by atoms with Crippen LogP contribution in [-0.2, 0) is 0 Å². The molecule has 0 saturated carbocycles. The number of pyridine rings is 1. The van der Waals surface area contributed by atoms with E-state index in [0.717, 1.165) is 32.1 Å². The Morgan fingerprint density at radius 1 is 1.33 bits per heavy atom. The van der Waals surface area contributed by atoms with Crippen molar-refractivity contribution >= 4 is 34.7 Å². The van der Waals surface area contributed by atoms with E-state index >= 15 is 0 Å². The van der Waals surface area contributed by atoms with Crippen LogP contribution in [0.2, 0.25) is 4.34 Å². The number of hydrogen-bond acceptors (Lipinski definition) is 2. The van der Waals surface area contributed by atoms with Gasteiger partial charge >= 0.3 is 0 Å². The minimum absolute atomic E-state index is 0.673. The molecule has 0 unspecified atom stereocenters. The van der Waals surface area contributed by atoms with Crippen molar-refractivity contribution in [2.75, 3.05) is 0 Å². The number of aromatic nitrogens is 1. The topological polar surface area (TPSA) is 21.5 Å². The van der Waals surface area contributed by atoms with E-state index in [1.807, 2.05) is 47.9 Å². The van der Waals surface area contributed by atoms with Gasteiger partial charge in [0.15, 0.2) is 6.29 Å². The van der Waals surface area contributed by atoms with Gasteiger partial charge in [0, 0.05) is 22.2 Å². The summed E-state index contributed by atoms with van der Waals surface area (Å²) in [4.78, 5) is 12.4. The second-order valence-electron chi connectivity index (χ2n) is 4.11. The molecule has 2 nitrogen and oxygen atoms in total. The number of rotatable bonds is 2. The third-order valence-electron chi connectivity index (χ3n) is 3.01. The van der Waals surface area contributed by atoms with Crippen molar-refractivity contribution in [1.29, 1.82) is 0 Å². The van der Waals surface area contributed by atoms with Crippen LogP contribution in [0.1, 0.15) is 16.1 Å². The Labute approximate surface area is 113 Å². The zero-order chi connectivity index (χ0) is 12.7. The van der Waals surface area contributed by atoms with Crippen molar-refractivity contribution in [3.05, 3.63) is 52.1 Å². The molecular formula is C14H10ClNOS. The molecule has 0 amide bonds. The first-order chi connectivity index (χ1) is 8.70. The highest BCUT2D eigenvalue weighted by atomic mass is 35.5. The molecule has 0 N–H and O–H groups in total. The van der Waals surface area contributed by atoms with Crippen LogP contribution in [0.5, 0.6) is 0 Å². The molecule has 90 valence electrons. The Hall–Kier alpha value is -1.58. The summed E-state index contributed by atoms with van der Waals surface area (Å²) in [6.45, 7) is 2.04. The minimum Gasteiger partial charge on any atom is -0.313 e. The van der Waals surface area contributed by atoms with Crippen LogP contribution >= 0.6 is 22.9 Å². The van der Waals surface area contributed by atoms with E-state index in [2.05, 4.69) is 0 Å². The lowest BCUT2D eigenvalue weighted by atomic mass is 10.2. The minimum atomic E-state index is 0.673. The zero-order valence-electron chi connectivity index (χ0n) is 9.68. The fourth-order valence-electron chi connectivity index (χ4n) is 2.14. The van der Waals surface area contributed by atoms with Gasteiger partial charge in [-0.05, 0) is 36.8 Å². The second kappa shape index (κ2) is 4.26. The smallest absolute Gasteiger partial charge is 0.167 e. The summed E-state index contributed by atoms with van der Waals surface area (Å²) in [5.74, 6) is 0. The maximum absolute atomic E-state index is 11.3. The van der Waals surface area contributed by atoms with E-state index in [-0.39, 0.29) is 0 Å². The molecule has 0 aliphatic carbocycles. The first-order valence-electron chi connectivity index (χ1n) is 5.52. The number of hydrogen-bond donors (Lipinski definition) is 0. The summed E-state index contributed by atoms with van der Waals surface area (Å²) in [6.07, 6.45) is 2.81. The van der Waals surface area contributed by atoms with Crippen molar-refractivity contribution < 1.29 is 4.79 Å². The molecule has 4 heteroatoms. The number of halogens is 1. The summed E-state index contributed by atoms with van der Waals surface area (Å²) in [6, 6.07) is 9.83. The molecule has 0 fully saturated rings. The van der Waals surface area contributed by atoms with Gasteiger partial charge in [0.25, 0.3) is 0 Å². The number of thiophene rings is 1. The highest BCUT2D eigenvalue weighted by Gasteiger charge is 2.13. The summed E-state index contributed by atoms with van der Waals surface area (Å²) < 4.78 is 2.65. The predicted octanol–water partition coefficient (Wildman–Crippen LogP) is 4.44. The number of fused-ring (bicyclic) bond motifs is 1. The van der Waals surface area contributed by atoms with Gasteiger partial charge in [-0.1, -0.05) is 17.7 Å². The predicted molar refractivity (Wildman–Crippen MR) is 75.8 cm³/mol. The Bertz CT molecular complexity index is 741. The van der Waals surface area contributed by atoms with Crippen LogP contribution in [0.15, 0.2) is 36.5 Å². The van der Waals surface area contributed by atoms with Gasteiger partial charge in [0.2, 0.25) is 0 Å². The molecule has 0 aliphatic heterocycles. The maximum atomic E-state index is 11.3. The van der Waals surface area contributed by atoms with Crippen molar-refractivity contribution in [2.24, 2.45) is 0 Å². The van der Waals surface area contributed by atoms with Gasteiger partial charge < -0.3 is 4.40 Å². The lowest BCUT2D eigenvalue weighted by molar-refractivity contribution is 0.111. The van der Waals surface area contributed by atoms with Crippen LogP contribution < -0.4 is 0 Å². The molecule has 0 bridgehead atoms. The lowest BCUT2D eigenvalue weighted by Crippen LogP contribution is -1.92. The molecule has 0 aromatic carbocycles. The first-order valence-corrected chi connectivity index (χ1v) is 6.71. The first kappa shape index (κ1) is 11.5. The van der Waals surface area contributed by atoms with Gasteiger partial charge in [0.05, 0.1) is 10.0 Å². The third-order valence-corrected chi connectivity index (χ3v) is 4.28. The van der Waals surface area contributed by atoms with E-state index in [1.54, 1.807) is 0 Å². The van der Waals surface area contributed by atoms with Crippen LogP contribution in [0, 0.1) is 6.92 Å². The molecule has 3 aromatic rings. The van der Waals surface area contributed by atoms with Crippen LogP contribution in [0.25, 0.3) is 16.0 Å². The third kappa shape index (κ3) is 1.67. The van der Waals surface area contributed by atoms with Gasteiger partial charge in [-0.2, -0.15) is 0 Å². The molecular weight excluding hydrogens is 266 g/mol. The molecule has 0 saturated heterocycles. The average Bonchev–Trinajstić information content (AvgIpc) is 2.93. The van der Waals surface area contributed by atoms with Crippen LogP contribution in [-0.4, -0.2) is 10.7 Å². The SMILES string of the molecule is Cc1cccn2c(C=O)c(-c3ccc(Cl)s3)cc12. The summed E-state index contributed by atoms with van der Waals surface area (Å²) in [7, 11) is 0. The Kier molecular flexibility index (Phi) is 2.73. The Morgan fingerprint density at radius 2 is 2.17 bits per heavy atom. The molecule has 18 heavy (non-hydrogen) atoms. The van der Waals surface area contributed by atoms with Crippen LogP contribution in [0.4, 0.5) is 0 Å². The van der Waals surface area contributed by atoms with E-state index in [4.69, 9.17) is 11.6 Å². The highest BCUT2D eigenvalue weighted by molar-refractivity contribution is 7.19. The molecule has 0 atom stereocenters. The largest absolute Gasteiger partial charge is 0.313 e. The quantitative estimate of drug-likeness (QED) is 0.634. The molecule has 0 radical (unpaired) electrons. The van der Waals surface area contributed by atoms with Crippen molar-refractivity contribution in [3.63, 3.8) is 0 Å². The van der Waals surface area contributed by atoms with Crippen LogP contribution in [0.3, 0.4) is 0 Å². The standard InChI is InChI=1S/C14H10ClNOS/c1-9-3-2-6-16-11(9)7-10(12(16)8-17)13-4-5-14(15)18-13/h2-8H,1H3. The molecule has 3 rings (SSSR count). The number of carbonyl (C=O) groups excluding carboxylic acids is 1. The fraction of sp³-hybridized carbons (Fsp3) is 0.0714. The Balaban J connectivity index is 2.36. The number of aryl methyl sites for hydroxylation is 1. The molecule has 0 aliphatic rings. The zero-order valence-corrected chi connectivity index (χ0v) is 11.3. The monoisotopic (exact) mass is 275 g/mol.